The summed E-state index contributed by atoms with van der Waals surface area (Å²) < 4.78 is 0. The van der Waals surface area contributed by atoms with Gasteiger partial charge in [0.15, 0.2) is 5.13 Å². The molecule has 0 spiro atoms. The summed E-state index contributed by atoms with van der Waals surface area (Å²) in [6.45, 7) is 1.78. The van der Waals surface area contributed by atoms with Gasteiger partial charge in [0.2, 0.25) is 11.8 Å². The highest BCUT2D eigenvalue weighted by atomic mass is 32.2. The van der Waals surface area contributed by atoms with Crippen molar-refractivity contribution in [2.75, 3.05) is 16.4 Å². The lowest BCUT2D eigenvalue weighted by atomic mass is 10.2. The first-order valence-corrected chi connectivity index (χ1v) is 10.3. The molecule has 0 aliphatic heterocycles. The van der Waals surface area contributed by atoms with Gasteiger partial charge < -0.3 is 10.6 Å². The molecule has 1 atom stereocenters. The molecule has 0 radical (unpaired) electrons. The van der Waals surface area contributed by atoms with Gasteiger partial charge in [-0.15, -0.1) is 23.1 Å². The first kappa shape index (κ1) is 19.1. The molecular weight excluding hydrogens is 378 g/mol. The van der Waals surface area contributed by atoms with E-state index in [-0.39, 0.29) is 22.8 Å². The number of carbonyl (C=O) groups is 2. The number of para-hydroxylation sites is 1. The molecule has 138 valence electrons. The van der Waals surface area contributed by atoms with E-state index < -0.39 is 0 Å². The zero-order valence-corrected chi connectivity index (χ0v) is 16.3. The van der Waals surface area contributed by atoms with Crippen LogP contribution in [0.25, 0.3) is 11.3 Å². The number of anilines is 2. The first-order valence-electron chi connectivity index (χ1n) is 8.40. The minimum atomic E-state index is -0.365. The van der Waals surface area contributed by atoms with Crippen molar-refractivity contribution in [2.45, 2.75) is 12.2 Å². The molecule has 0 saturated heterocycles. The average molecular weight is 398 g/mol. The van der Waals surface area contributed by atoms with Gasteiger partial charge in [0.1, 0.15) is 0 Å². The van der Waals surface area contributed by atoms with E-state index in [1.54, 1.807) is 6.92 Å². The summed E-state index contributed by atoms with van der Waals surface area (Å²) in [5, 5.41) is 7.73. The van der Waals surface area contributed by atoms with Crippen molar-refractivity contribution in [3.63, 3.8) is 0 Å². The predicted molar refractivity (Wildman–Crippen MR) is 113 cm³/mol. The Labute approximate surface area is 166 Å². The largest absolute Gasteiger partial charge is 0.325 e. The van der Waals surface area contributed by atoms with Gasteiger partial charge in [0.25, 0.3) is 0 Å². The Morgan fingerprint density at radius 3 is 2.41 bits per heavy atom. The molecule has 0 aliphatic carbocycles. The lowest BCUT2D eigenvalue weighted by Gasteiger charge is -2.10. The van der Waals surface area contributed by atoms with Crippen LogP contribution in [0.1, 0.15) is 6.92 Å². The third-order valence-corrected chi connectivity index (χ3v) is 5.60. The number of thiazole rings is 1. The molecular formula is C20H19N3O2S2. The molecule has 1 unspecified atom stereocenters. The van der Waals surface area contributed by atoms with Crippen molar-refractivity contribution in [3.05, 3.63) is 66.0 Å². The Bertz CT molecular complexity index is 898. The van der Waals surface area contributed by atoms with Crippen LogP contribution >= 0.6 is 23.1 Å². The van der Waals surface area contributed by atoms with Gasteiger partial charge in [-0.25, -0.2) is 4.98 Å². The summed E-state index contributed by atoms with van der Waals surface area (Å²) in [4.78, 5) is 28.8. The highest BCUT2D eigenvalue weighted by molar-refractivity contribution is 8.01. The molecule has 0 aliphatic rings. The number of benzene rings is 2. The van der Waals surface area contributed by atoms with Gasteiger partial charge in [0, 0.05) is 16.6 Å². The normalized spacial score (nSPS) is 11.6. The molecule has 3 aromatic rings. The van der Waals surface area contributed by atoms with Crippen molar-refractivity contribution in [1.82, 2.24) is 4.98 Å². The van der Waals surface area contributed by atoms with Crippen LogP contribution in [-0.2, 0) is 9.59 Å². The van der Waals surface area contributed by atoms with E-state index in [2.05, 4.69) is 15.6 Å². The van der Waals surface area contributed by atoms with E-state index in [1.807, 2.05) is 66.0 Å². The Morgan fingerprint density at radius 1 is 1.04 bits per heavy atom. The van der Waals surface area contributed by atoms with Crippen molar-refractivity contribution in [3.8, 4) is 11.3 Å². The quantitative estimate of drug-likeness (QED) is 0.615. The van der Waals surface area contributed by atoms with Crippen molar-refractivity contribution < 1.29 is 9.59 Å². The van der Waals surface area contributed by atoms with Crippen LogP contribution in [0.2, 0.25) is 0 Å². The van der Waals surface area contributed by atoms with Crippen LogP contribution in [-0.4, -0.2) is 27.8 Å². The van der Waals surface area contributed by atoms with E-state index >= 15 is 0 Å². The summed E-state index contributed by atoms with van der Waals surface area (Å²) in [7, 11) is 0. The molecule has 7 heteroatoms. The maximum absolute atomic E-state index is 12.3. The smallest absolute Gasteiger partial charge is 0.239 e. The molecule has 2 aromatic carbocycles. The molecule has 2 N–H and O–H groups in total. The van der Waals surface area contributed by atoms with E-state index in [9.17, 15) is 9.59 Å². The number of aromatic nitrogens is 1. The molecule has 1 aromatic heterocycles. The second-order valence-electron chi connectivity index (χ2n) is 5.76. The maximum atomic E-state index is 12.3. The van der Waals surface area contributed by atoms with Gasteiger partial charge >= 0.3 is 0 Å². The minimum absolute atomic E-state index is 0.133. The minimum Gasteiger partial charge on any atom is -0.325 e. The lowest BCUT2D eigenvalue weighted by Crippen LogP contribution is -2.25. The fourth-order valence-electron chi connectivity index (χ4n) is 2.27. The fraction of sp³-hybridized carbons (Fsp3) is 0.150. The number of carbonyl (C=O) groups excluding carboxylic acids is 2. The van der Waals surface area contributed by atoms with Gasteiger partial charge in [-0.05, 0) is 19.1 Å². The molecule has 0 fully saturated rings. The number of hydrogen-bond acceptors (Lipinski definition) is 5. The molecule has 0 saturated carbocycles. The number of nitrogens with one attached hydrogen (secondary N) is 2. The molecule has 1 heterocycles. The standard InChI is InChI=1S/C20H19N3O2S2/c1-14(26-13-18(24)21-16-10-6-3-7-11-16)19(25)23-20-22-17(12-27-20)15-8-4-2-5-9-15/h2-12,14H,13H2,1H3,(H,21,24)(H,22,23,25). The number of hydrogen-bond donors (Lipinski definition) is 2. The molecule has 27 heavy (non-hydrogen) atoms. The molecule has 0 bridgehead atoms. The third-order valence-electron chi connectivity index (χ3n) is 3.70. The number of thioether (sulfide) groups is 1. The lowest BCUT2D eigenvalue weighted by molar-refractivity contribution is -0.115. The number of amides is 2. The first-order chi connectivity index (χ1) is 13.1. The second kappa shape index (κ2) is 9.34. The fourth-order valence-corrected chi connectivity index (χ4v) is 3.68. The number of rotatable bonds is 7. The summed E-state index contributed by atoms with van der Waals surface area (Å²) in [5.74, 6) is -0.0932. The van der Waals surface area contributed by atoms with Crippen LogP contribution < -0.4 is 10.6 Å². The third kappa shape index (κ3) is 5.67. The average Bonchev–Trinajstić information content (AvgIpc) is 3.16. The van der Waals surface area contributed by atoms with Crippen molar-refractivity contribution >= 4 is 45.7 Å². The van der Waals surface area contributed by atoms with E-state index in [0.29, 0.717) is 5.13 Å². The van der Waals surface area contributed by atoms with Crippen LogP contribution in [0.4, 0.5) is 10.8 Å². The predicted octanol–water partition coefficient (Wildman–Crippen LogP) is 4.51. The number of nitrogens with zero attached hydrogens (tertiary/aromatic N) is 1. The zero-order chi connectivity index (χ0) is 19.1. The van der Waals surface area contributed by atoms with Crippen LogP contribution in [0.3, 0.4) is 0 Å². The topological polar surface area (TPSA) is 71.1 Å². The SMILES string of the molecule is CC(SCC(=O)Nc1ccccc1)C(=O)Nc1nc(-c2ccccc2)cs1. The van der Waals surface area contributed by atoms with Gasteiger partial charge in [-0.2, -0.15) is 0 Å². The summed E-state index contributed by atoms with van der Waals surface area (Å²) in [6, 6.07) is 19.1. The van der Waals surface area contributed by atoms with Crippen molar-refractivity contribution in [1.29, 1.82) is 0 Å². The van der Waals surface area contributed by atoms with Crippen LogP contribution in [0.5, 0.6) is 0 Å². The van der Waals surface area contributed by atoms with Gasteiger partial charge in [-0.3, -0.25) is 9.59 Å². The van der Waals surface area contributed by atoms with Crippen LogP contribution in [0, 0.1) is 0 Å². The summed E-state index contributed by atoms with van der Waals surface area (Å²) in [5.41, 5.74) is 2.59. The van der Waals surface area contributed by atoms with Crippen LogP contribution in [0.15, 0.2) is 66.0 Å². The highest BCUT2D eigenvalue weighted by Crippen LogP contribution is 2.25. The zero-order valence-electron chi connectivity index (χ0n) is 14.7. The summed E-state index contributed by atoms with van der Waals surface area (Å²) in [6.07, 6.45) is 0. The monoisotopic (exact) mass is 397 g/mol. The van der Waals surface area contributed by atoms with Crippen molar-refractivity contribution in [2.24, 2.45) is 0 Å². The van der Waals surface area contributed by atoms with Gasteiger partial charge in [-0.1, -0.05) is 48.5 Å². The van der Waals surface area contributed by atoms with E-state index in [0.717, 1.165) is 16.9 Å². The Balaban J connectivity index is 1.48. The molecule has 2 amide bonds. The summed E-state index contributed by atoms with van der Waals surface area (Å²) >= 11 is 2.67. The maximum Gasteiger partial charge on any atom is 0.239 e. The van der Waals surface area contributed by atoms with E-state index in [1.165, 1.54) is 23.1 Å². The Hall–Kier alpha value is -2.64. The van der Waals surface area contributed by atoms with E-state index in [4.69, 9.17) is 0 Å². The molecule has 3 rings (SSSR count). The Morgan fingerprint density at radius 2 is 1.70 bits per heavy atom. The molecule has 5 nitrogen and oxygen atoms in total. The highest BCUT2D eigenvalue weighted by Gasteiger charge is 2.17. The van der Waals surface area contributed by atoms with Gasteiger partial charge in [0.05, 0.1) is 16.7 Å². The second-order valence-corrected chi connectivity index (χ2v) is 7.95. The Kier molecular flexibility index (Phi) is 6.62.